The van der Waals surface area contributed by atoms with Crippen LogP contribution in [0.25, 0.3) is 0 Å². The number of alkyl carbamates (subject to hydrolysis) is 1. The number of carbonyl (C=O) groups excluding carboxylic acids is 1. The van der Waals surface area contributed by atoms with Gasteiger partial charge in [0, 0.05) is 0 Å². The molecule has 2 aromatic carbocycles. The maximum Gasteiger partial charge on any atom is 0.407 e. The smallest absolute Gasteiger partial charge is 0.407 e. The van der Waals surface area contributed by atoms with Crippen LogP contribution < -0.4 is 5.32 Å². The lowest BCUT2D eigenvalue weighted by molar-refractivity contribution is -0.150. The van der Waals surface area contributed by atoms with Crippen molar-refractivity contribution in [3.05, 3.63) is 59.7 Å². The van der Waals surface area contributed by atoms with Crippen LogP contribution in [0.15, 0.2) is 58.3 Å². The van der Waals surface area contributed by atoms with E-state index in [1.54, 1.807) is 58.9 Å². The summed E-state index contributed by atoms with van der Waals surface area (Å²) in [6.45, 7) is 11.9. The Morgan fingerprint density at radius 2 is 1.37 bits per heavy atom. The van der Waals surface area contributed by atoms with Gasteiger partial charge < -0.3 is 19.5 Å². The highest BCUT2D eigenvalue weighted by atomic mass is 32.2. The van der Waals surface area contributed by atoms with E-state index in [-0.39, 0.29) is 23.0 Å². The summed E-state index contributed by atoms with van der Waals surface area (Å²) in [7, 11) is -7.99. The fraction of sp³-hybridized carbons (Fsp3) is 0.567. The van der Waals surface area contributed by atoms with Crippen molar-refractivity contribution in [2.75, 3.05) is 13.2 Å². The molecule has 0 radical (unpaired) electrons. The summed E-state index contributed by atoms with van der Waals surface area (Å²) in [6.07, 6.45) is -1.20. The van der Waals surface area contributed by atoms with Crippen molar-refractivity contribution in [1.29, 1.82) is 0 Å². The molecular formula is C30H43NO10S2. The molecule has 1 fully saturated rings. The molecule has 43 heavy (non-hydrogen) atoms. The van der Waals surface area contributed by atoms with Gasteiger partial charge in [-0.25, -0.2) is 4.79 Å². The molecule has 1 saturated heterocycles. The molecule has 240 valence electrons. The van der Waals surface area contributed by atoms with Crippen molar-refractivity contribution < 1.29 is 44.2 Å². The Kier molecular flexibility index (Phi) is 11.4. The molecule has 2 aromatic rings. The van der Waals surface area contributed by atoms with Gasteiger partial charge >= 0.3 is 6.09 Å². The van der Waals surface area contributed by atoms with Crippen molar-refractivity contribution in [2.24, 2.45) is 0 Å². The number of hydrogen-bond donors (Lipinski definition) is 1. The van der Waals surface area contributed by atoms with Gasteiger partial charge in [-0.05, 0) is 92.0 Å². The molecule has 11 nitrogen and oxygen atoms in total. The largest absolute Gasteiger partial charge is 0.444 e. The number of unbranched alkanes of at least 4 members (excludes halogenated alkanes) is 1. The molecule has 1 amide bonds. The van der Waals surface area contributed by atoms with Gasteiger partial charge in [0.1, 0.15) is 17.8 Å². The van der Waals surface area contributed by atoms with E-state index in [2.05, 4.69) is 5.32 Å². The van der Waals surface area contributed by atoms with Crippen LogP contribution >= 0.6 is 0 Å². The van der Waals surface area contributed by atoms with E-state index in [0.717, 1.165) is 11.1 Å². The van der Waals surface area contributed by atoms with Gasteiger partial charge in [-0.15, -0.1) is 0 Å². The first-order valence-corrected chi connectivity index (χ1v) is 17.0. The van der Waals surface area contributed by atoms with E-state index in [0.29, 0.717) is 19.3 Å². The van der Waals surface area contributed by atoms with Crippen molar-refractivity contribution in [3.8, 4) is 0 Å². The van der Waals surface area contributed by atoms with Gasteiger partial charge in [0.25, 0.3) is 20.2 Å². The second-order valence-corrected chi connectivity index (χ2v) is 15.3. The standard InChI is InChI=1S/C30H43NO10S2/c1-21-11-15-23(16-12-21)42(33,34)37-19-9-8-10-25(31-28(32)41-29(3,4)5)27-26(39-30(6,7)40-27)20-38-43(35,36)24-17-13-22(2)14-18-24/h11-18,25-27H,8-10,19-20H2,1-7H3,(H,31,32)/t25-,26-,27-/m0/s1. The van der Waals surface area contributed by atoms with Gasteiger partial charge in [0.05, 0.1) is 29.0 Å². The quantitative estimate of drug-likeness (QED) is 0.234. The lowest BCUT2D eigenvalue weighted by Crippen LogP contribution is -2.50. The highest BCUT2D eigenvalue weighted by Crippen LogP contribution is 2.32. The van der Waals surface area contributed by atoms with E-state index in [4.69, 9.17) is 22.6 Å². The normalized spacial score (nSPS) is 19.6. The Balaban J connectivity index is 1.69. The van der Waals surface area contributed by atoms with Crippen molar-refractivity contribution in [1.82, 2.24) is 5.32 Å². The molecule has 0 aromatic heterocycles. The number of ether oxygens (including phenoxy) is 3. The first kappa shape index (κ1) is 34.9. The molecule has 0 saturated carbocycles. The molecule has 0 aliphatic carbocycles. The van der Waals surface area contributed by atoms with Crippen molar-refractivity contribution in [2.45, 2.75) is 107 Å². The zero-order valence-corrected chi connectivity index (χ0v) is 27.4. The van der Waals surface area contributed by atoms with Crippen LogP contribution in [0, 0.1) is 13.8 Å². The molecule has 1 N–H and O–H groups in total. The highest BCUT2D eigenvalue weighted by molar-refractivity contribution is 7.87. The summed E-state index contributed by atoms with van der Waals surface area (Å²) >= 11 is 0. The Hall–Kier alpha value is -2.55. The molecule has 0 unspecified atom stereocenters. The van der Waals surface area contributed by atoms with Gasteiger partial charge in [-0.3, -0.25) is 8.37 Å². The molecule has 0 spiro atoms. The zero-order valence-electron chi connectivity index (χ0n) is 25.8. The average molecular weight is 642 g/mol. The van der Waals surface area contributed by atoms with Crippen LogP contribution in [0.4, 0.5) is 4.79 Å². The fourth-order valence-corrected chi connectivity index (χ4v) is 6.31. The predicted molar refractivity (Wildman–Crippen MR) is 159 cm³/mol. The second kappa shape index (κ2) is 14.0. The van der Waals surface area contributed by atoms with Crippen LogP contribution in [0.3, 0.4) is 0 Å². The Morgan fingerprint density at radius 3 is 1.88 bits per heavy atom. The maximum atomic E-state index is 12.8. The monoisotopic (exact) mass is 641 g/mol. The fourth-order valence-electron chi connectivity index (χ4n) is 4.45. The minimum Gasteiger partial charge on any atom is -0.444 e. The molecule has 3 atom stereocenters. The van der Waals surface area contributed by atoms with Gasteiger partial charge in [-0.2, -0.15) is 16.8 Å². The van der Waals surface area contributed by atoms with Crippen molar-refractivity contribution >= 4 is 26.3 Å². The summed E-state index contributed by atoms with van der Waals surface area (Å²) in [5.41, 5.74) is 1.08. The number of nitrogens with one attached hydrogen (secondary N) is 1. The number of carbonyl (C=O) groups is 1. The van der Waals surface area contributed by atoms with Gasteiger partial charge in [0.15, 0.2) is 5.79 Å². The third kappa shape index (κ3) is 10.8. The lowest BCUT2D eigenvalue weighted by Gasteiger charge is -2.29. The number of benzene rings is 2. The molecule has 1 aliphatic rings. The molecule has 3 rings (SSSR count). The first-order chi connectivity index (χ1) is 19.9. The predicted octanol–water partition coefficient (Wildman–Crippen LogP) is 5.00. The Morgan fingerprint density at radius 1 is 0.860 bits per heavy atom. The van der Waals surface area contributed by atoms with Gasteiger partial charge in [-0.1, -0.05) is 35.4 Å². The summed E-state index contributed by atoms with van der Waals surface area (Å²) in [6, 6.07) is 12.0. The van der Waals surface area contributed by atoms with E-state index >= 15 is 0 Å². The van der Waals surface area contributed by atoms with Crippen molar-refractivity contribution in [3.63, 3.8) is 0 Å². The number of hydrogen-bond acceptors (Lipinski definition) is 10. The molecule has 1 heterocycles. The average Bonchev–Trinajstić information content (AvgIpc) is 3.20. The van der Waals surface area contributed by atoms with E-state index in [9.17, 15) is 21.6 Å². The Bertz CT molecular complexity index is 1430. The maximum absolute atomic E-state index is 12.8. The topological polar surface area (TPSA) is 144 Å². The molecular weight excluding hydrogens is 598 g/mol. The minimum atomic E-state index is -4.08. The van der Waals surface area contributed by atoms with Crippen LogP contribution in [-0.4, -0.2) is 65.8 Å². The molecule has 13 heteroatoms. The third-order valence-corrected chi connectivity index (χ3v) is 9.10. The van der Waals surface area contributed by atoms with Crippen LogP contribution in [0.2, 0.25) is 0 Å². The molecule has 1 aliphatic heterocycles. The summed E-state index contributed by atoms with van der Waals surface area (Å²) in [4.78, 5) is 12.8. The first-order valence-electron chi connectivity index (χ1n) is 14.1. The van der Waals surface area contributed by atoms with Crippen LogP contribution in [0.5, 0.6) is 0 Å². The van der Waals surface area contributed by atoms with Gasteiger partial charge in [0.2, 0.25) is 0 Å². The Labute approximate surface area is 255 Å². The van der Waals surface area contributed by atoms with E-state index in [1.165, 1.54) is 24.3 Å². The molecule has 0 bridgehead atoms. The van der Waals surface area contributed by atoms with Crippen LogP contribution in [-0.2, 0) is 42.8 Å². The number of rotatable bonds is 13. The number of amides is 1. The lowest BCUT2D eigenvalue weighted by atomic mass is 10.00. The SMILES string of the molecule is Cc1ccc(S(=O)(=O)OCCCC[C@H](NC(=O)OC(C)(C)C)[C@@H]2OC(C)(C)O[C@H]2COS(=O)(=O)c2ccc(C)cc2)cc1. The van der Waals surface area contributed by atoms with E-state index in [1.807, 2.05) is 13.8 Å². The van der Waals surface area contributed by atoms with Crippen LogP contribution in [0.1, 0.15) is 65.0 Å². The second-order valence-electron chi connectivity index (χ2n) is 12.0. The summed E-state index contributed by atoms with van der Waals surface area (Å²) < 4.78 is 78.9. The third-order valence-electron chi connectivity index (χ3n) is 6.47. The zero-order chi connectivity index (χ0) is 32.1. The highest BCUT2D eigenvalue weighted by Gasteiger charge is 2.46. The minimum absolute atomic E-state index is 0.0110. The van der Waals surface area contributed by atoms with E-state index < -0.39 is 56.0 Å². The summed E-state index contributed by atoms with van der Waals surface area (Å²) in [5.74, 6) is -1.09. The number of aryl methyl sites for hydroxylation is 2. The summed E-state index contributed by atoms with van der Waals surface area (Å²) in [5, 5.41) is 2.83.